The van der Waals surface area contributed by atoms with Gasteiger partial charge >= 0.3 is 0 Å². The molecule has 5 nitrogen and oxygen atoms in total. The molecule has 5 heteroatoms. The van der Waals surface area contributed by atoms with Crippen molar-refractivity contribution in [1.29, 1.82) is 0 Å². The Morgan fingerprint density at radius 2 is 1.92 bits per heavy atom. The summed E-state index contributed by atoms with van der Waals surface area (Å²) >= 11 is 0. The van der Waals surface area contributed by atoms with Crippen LogP contribution in [-0.2, 0) is 11.2 Å². The lowest BCUT2D eigenvalue weighted by atomic mass is 10.1. The van der Waals surface area contributed by atoms with Gasteiger partial charge in [0, 0.05) is 18.2 Å². The number of anilines is 1. The number of hydrogen-bond acceptors (Lipinski definition) is 4. The van der Waals surface area contributed by atoms with Gasteiger partial charge in [-0.3, -0.25) is 4.79 Å². The Morgan fingerprint density at radius 3 is 2.75 bits per heavy atom. The third kappa shape index (κ3) is 3.98. The predicted octanol–water partition coefficient (Wildman–Crippen LogP) is 3.43. The van der Waals surface area contributed by atoms with Crippen molar-refractivity contribution in [3.63, 3.8) is 0 Å². The molecule has 0 bridgehead atoms. The maximum absolute atomic E-state index is 12.2. The minimum absolute atomic E-state index is 0.0435. The van der Waals surface area contributed by atoms with Crippen molar-refractivity contribution in [2.45, 2.75) is 19.8 Å². The lowest BCUT2D eigenvalue weighted by Gasteiger charge is -2.19. The van der Waals surface area contributed by atoms with Gasteiger partial charge in [0.25, 0.3) is 0 Å². The molecule has 0 fully saturated rings. The molecule has 0 spiro atoms. The van der Waals surface area contributed by atoms with Gasteiger partial charge in [0.1, 0.15) is 19.0 Å². The first-order valence-electron chi connectivity index (χ1n) is 8.16. The van der Waals surface area contributed by atoms with Gasteiger partial charge in [-0.05, 0) is 37.1 Å². The Hall–Kier alpha value is -2.69. The fraction of sp³-hybridized carbons (Fsp3) is 0.316. The van der Waals surface area contributed by atoms with Crippen molar-refractivity contribution in [2.24, 2.45) is 0 Å². The molecule has 0 saturated carbocycles. The van der Waals surface area contributed by atoms with E-state index in [4.69, 9.17) is 14.2 Å². The topological polar surface area (TPSA) is 56.8 Å². The summed E-state index contributed by atoms with van der Waals surface area (Å²) < 4.78 is 16.6. The highest BCUT2D eigenvalue weighted by Gasteiger charge is 2.13. The fourth-order valence-electron chi connectivity index (χ4n) is 2.60. The SMILES string of the molecule is CCOc1ccccc1CCC(=O)Nc1ccc2c(c1)OCCO2. The average Bonchev–Trinajstić information content (AvgIpc) is 2.61. The third-order valence-corrected chi connectivity index (χ3v) is 3.72. The highest BCUT2D eigenvalue weighted by molar-refractivity contribution is 5.91. The van der Waals surface area contributed by atoms with E-state index < -0.39 is 0 Å². The van der Waals surface area contributed by atoms with Crippen molar-refractivity contribution in [1.82, 2.24) is 0 Å². The Morgan fingerprint density at radius 1 is 1.12 bits per heavy atom. The Kier molecular flexibility index (Phi) is 5.21. The van der Waals surface area contributed by atoms with Crippen molar-refractivity contribution in [3.8, 4) is 17.2 Å². The number of benzene rings is 2. The van der Waals surface area contributed by atoms with E-state index >= 15 is 0 Å². The van der Waals surface area contributed by atoms with E-state index in [1.165, 1.54) is 0 Å². The van der Waals surface area contributed by atoms with Gasteiger partial charge in [-0.25, -0.2) is 0 Å². The van der Waals surface area contributed by atoms with Crippen LogP contribution in [0.3, 0.4) is 0 Å². The van der Waals surface area contributed by atoms with Gasteiger partial charge in [-0.15, -0.1) is 0 Å². The zero-order valence-corrected chi connectivity index (χ0v) is 13.7. The average molecular weight is 327 g/mol. The summed E-state index contributed by atoms with van der Waals surface area (Å²) in [6, 6.07) is 13.2. The lowest BCUT2D eigenvalue weighted by molar-refractivity contribution is -0.116. The summed E-state index contributed by atoms with van der Waals surface area (Å²) in [7, 11) is 0. The number of fused-ring (bicyclic) bond motifs is 1. The van der Waals surface area contributed by atoms with E-state index in [1.54, 1.807) is 6.07 Å². The Labute approximate surface area is 141 Å². The summed E-state index contributed by atoms with van der Waals surface area (Å²) in [5.41, 5.74) is 1.75. The van der Waals surface area contributed by atoms with Gasteiger partial charge in [-0.2, -0.15) is 0 Å². The molecule has 3 rings (SSSR count). The summed E-state index contributed by atoms with van der Waals surface area (Å²) in [4.78, 5) is 12.2. The molecule has 1 aliphatic heterocycles. The standard InChI is InChI=1S/C19H21NO4/c1-2-22-16-6-4-3-5-14(16)7-10-19(21)20-15-8-9-17-18(13-15)24-12-11-23-17/h3-6,8-9,13H,2,7,10-12H2,1H3,(H,20,21). The number of nitrogens with one attached hydrogen (secondary N) is 1. The molecule has 2 aromatic rings. The first kappa shape index (κ1) is 16.2. The number of carbonyl (C=O) groups is 1. The van der Waals surface area contributed by atoms with E-state index in [1.807, 2.05) is 43.3 Å². The number of aryl methyl sites for hydroxylation is 1. The molecule has 126 valence electrons. The van der Waals surface area contributed by atoms with E-state index in [-0.39, 0.29) is 5.91 Å². The minimum Gasteiger partial charge on any atom is -0.494 e. The monoisotopic (exact) mass is 327 g/mol. The second-order valence-corrected chi connectivity index (χ2v) is 5.45. The lowest BCUT2D eigenvalue weighted by Crippen LogP contribution is -2.16. The quantitative estimate of drug-likeness (QED) is 0.883. The maximum atomic E-state index is 12.2. The first-order chi connectivity index (χ1) is 11.8. The van der Waals surface area contributed by atoms with Gasteiger partial charge < -0.3 is 19.5 Å². The zero-order valence-electron chi connectivity index (χ0n) is 13.7. The third-order valence-electron chi connectivity index (χ3n) is 3.72. The molecule has 24 heavy (non-hydrogen) atoms. The van der Waals surface area contributed by atoms with Crippen LogP contribution in [0.2, 0.25) is 0 Å². The molecule has 0 unspecified atom stereocenters. The molecular formula is C19H21NO4. The smallest absolute Gasteiger partial charge is 0.224 e. The molecule has 2 aromatic carbocycles. The Bertz CT molecular complexity index is 714. The normalized spacial score (nSPS) is 12.5. The van der Waals surface area contributed by atoms with Gasteiger partial charge in [0.05, 0.1) is 6.61 Å². The van der Waals surface area contributed by atoms with Gasteiger partial charge in [0.2, 0.25) is 5.91 Å². The van der Waals surface area contributed by atoms with Crippen molar-refractivity contribution in [2.75, 3.05) is 25.1 Å². The largest absolute Gasteiger partial charge is 0.494 e. The van der Waals surface area contributed by atoms with Crippen LogP contribution in [0.4, 0.5) is 5.69 Å². The molecule has 1 amide bonds. The number of amides is 1. The molecule has 1 aliphatic rings. The predicted molar refractivity (Wildman–Crippen MR) is 92.0 cm³/mol. The van der Waals surface area contributed by atoms with Crippen LogP contribution in [0.15, 0.2) is 42.5 Å². The summed E-state index contributed by atoms with van der Waals surface area (Å²) in [5.74, 6) is 2.18. The summed E-state index contributed by atoms with van der Waals surface area (Å²) in [6.45, 7) is 3.64. The van der Waals surface area contributed by atoms with Gasteiger partial charge in [-0.1, -0.05) is 18.2 Å². The molecule has 0 atom stereocenters. The highest BCUT2D eigenvalue weighted by atomic mass is 16.6. The number of para-hydroxylation sites is 1. The van der Waals surface area contributed by atoms with E-state index in [2.05, 4.69) is 5.32 Å². The fourth-order valence-corrected chi connectivity index (χ4v) is 2.60. The summed E-state index contributed by atoms with van der Waals surface area (Å²) in [6.07, 6.45) is 1.02. The molecule has 1 N–H and O–H groups in total. The van der Waals surface area contributed by atoms with Crippen molar-refractivity contribution in [3.05, 3.63) is 48.0 Å². The van der Waals surface area contributed by atoms with Crippen LogP contribution in [0.5, 0.6) is 17.2 Å². The number of ether oxygens (including phenoxy) is 3. The van der Waals surface area contributed by atoms with Crippen molar-refractivity contribution >= 4 is 11.6 Å². The first-order valence-corrected chi connectivity index (χ1v) is 8.16. The number of hydrogen-bond donors (Lipinski definition) is 1. The highest BCUT2D eigenvalue weighted by Crippen LogP contribution is 2.32. The van der Waals surface area contributed by atoms with E-state index in [9.17, 15) is 4.79 Å². The second kappa shape index (κ2) is 7.73. The van der Waals surface area contributed by atoms with E-state index in [0.717, 1.165) is 11.3 Å². The molecule has 0 aromatic heterocycles. The molecule has 0 radical (unpaired) electrons. The van der Waals surface area contributed by atoms with Crippen LogP contribution in [0.1, 0.15) is 18.9 Å². The number of rotatable bonds is 6. The molecule has 0 saturated heterocycles. The zero-order chi connectivity index (χ0) is 16.8. The van der Waals surface area contributed by atoms with Crippen LogP contribution in [-0.4, -0.2) is 25.7 Å². The van der Waals surface area contributed by atoms with Crippen LogP contribution in [0.25, 0.3) is 0 Å². The molecular weight excluding hydrogens is 306 g/mol. The van der Waals surface area contributed by atoms with Crippen LogP contribution in [0, 0.1) is 0 Å². The maximum Gasteiger partial charge on any atom is 0.224 e. The van der Waals surface area contributed by atoms with Crippen molar-refractivity contribution < 1.29 is 19.0 Å². The molecule has 1 heterocycles. The van der Waals surface area contributed by atoms with Crippen LogP contribution < -0.4 is 19.5 Å². The second-order valence-electron chi connectivity index (χ2n) is 5.45. The Balaban J connectivity index is 1.58. The summed E-state index contributed by atoms with van der Waals surface area (Å²) in [5, 5.41) is 2.90. The number of carbonyl (C=O) groups excluding carboxylic acids is 1. The van der Waals surface area contributed by atoms with E-state index in [0.29, 0.717) is 49.8 Å². The minimum atomic E-state index is -0.0435. The van der Waals surface area contributed by atoms with Gasteiger partial charge in [0.15, 0.2) is 11.5 Å². The van der Waals surface area contributed by atoms with Crippen LogP contribution >= 0.6 is 0 Å². The molecule has 0 aliphatic carbocycles.